The van der Waals surface area contributed by atoms with Crippen molar-refractivity contribution < 1.29 is 9.18 Å². The quantitative estimate of drug-likeness (QED) is 0.769. The zero-order valence-electron chi connectivity index (χ0n) is 19.0. The van der Waals surface area contributed by atoms with Gasteiger partial charge in [0.2, 0.25) is 11.9 Å². The molecule has 1 spiro atoms. The second-order valence-corrected chi connectivity index (χ2v) is 9.37. The van der Waals surface area contributed by atoms with Crippen LogP contribution in [-0.4, -0.2) is 63.7 Å². The van der Waals surface area contributed by atoms with Gasteiger partial charge in [0.25, 0.3) is 5.56 Å². The number of hydrogen-bond donors (Lipinski definition) is 1. The number of aromatic amines is 1. The molecule has 0 bridgehead atoms. The van der Waals surface area contributed by atoms with Crippen LogP contribution >= 0.6 is 0 Å². The van der Waals surface area contributed by atoms with E-state index in [4.69, 9.17) is 4.98 Å². The summed E-state index contributed by atoms with van der Waals surface area (Å²) >= 11 is 0. The molecule has 3 aliphatic rings. The molecule has 32 heavy (non-hydrogen) atoms. The van der Waals surface area contributed by atoms with Gasteiger partial charge in [-0.2, -0.15) is 4.98 Å². The lowest BCUT2D eigenvalue weighted by Gasteiger charge is -2.39. The molecule has 2 aromatic rings. The van der Waals surface area contributed by atoms with Crippen LogP contribution in [0.3, 0.4) is 0 Å². The van der Waals surface area contributed by atoms with Crippen molar-refractivity contribution >= 4 is 29.0 Å². The molecule has 8 nitrogen and oxygen atoms in total. The Hall–Kier alpha value is -3.10. The minimum Gasteiger partial charge on any atom is -0.378 e. The van der Waals surface area contributed by atoms with Gasteiger partial charge in [0.1, 0.15) is 11.6 Å². The van der Waals surface area contributed by atoms with Gasteiger partial charge in [-0.05, 0) is 37.8 Å². The van der Waals surface area contributed by atoms with Gasteiger partial charge in [0, 0.05) is 59.1 Å². The van der Waals surface area contributed by atoms with E-state index >= 15 is 4.39 Å². The van der Waals surface area contributed by atoms with E-state index in [1.54, 1.807) is 11.9 Å². The summed E-state index contributed by atoms with van der Waals surface area (Å²) in [7, 11) is 7.39. The van der Waals surface area contributed by atoms with Crippen molar-refractivity contribution in [1.29, 1.82) is 0 Å². The van der Waals surface area contributed by atoms with Crippen LogP contribution < -0.4 is 25.2 Å². The van der Waals surface area contributed by atoms with Gasteiger partial charge in [-0.25, -0.2) is 4.39 Å². The fourth-order valence-corrected chi connectivity index (χ4v) is 5.44. The van der Waals surface area contributed by atoms with Gasteiger partial charge in [-0.1, -0.05) is 0 Å². The summed E-state index contributed by atoms with van der Waals surface area (Å²) in [5.41, 5.74) is 1.64. The number of aromatic nitrogens is 2. The number of carbonyl (C=O) groups excluding carboxylic acids is 1. The second kappa shape index (κ2) is 7.21. The highest BCUT2D eigenvalue weighted by Crippen LogP contribution is 2.50. The predicted octanol–water partition coefficient (Wildman–Crippen LogP) is 1.87. The number of benzene rings is 1. The van der Waals surface area contributed by atoms with E-state index in [2.05, 4.69) is 4.98 Å². The van der Waals surface area contributed by atoms with E-state index in [0.717, 1.165) is 36.5 Å². The Balaban J connectivity index is 1.47. The first-order valence-electron chi connectivity index (χ1n) is 11.1. The number of piperidine rings is 1. The van der Waals surface area contributed by atoms with Crippen LogP contribution in [0.2, 0.25) is 0 Å². The summed E-state index contributed by atoms with van der Waals surface area (Å²) in [4.78, 5) is 41.1. The molecule has 170 valence electrons. The molecule has 0 unspecified atom stereocenters. The third-order valence-electron chi connectivity index (χ3n) is 7.30. The van der Waals surface area contributed by atoms with Crippen LogP contribution in [0.4, 0.5) is 27.5 Å². The van der Waals surface area contributed by atoms with Crippen LogP contribution in [0, 0.1) is 5.82 Å². The standard InChI is InChI=1S/C23H29FN6O2/c1-27(2)14-12-16(24)18-17(13-14)29(4)21(32)23(18)7-10-30(11-8-23)22-25-19-15(20(31)26-22)6-5-9-28(19)3/h12-13H,5-11H2,1-4H3,(H,25,26,31). The maximum atomic E-state index is 15.3. The van der Waals surface area contributed by atoms with Crippen molar-refractivity contribution in [2.24, 2.45) is 0 Å². The molecule has 1 aromatic heterocycles. The Morgan fingerprint density at radius 1 is 1.12 bits per heavy atom. The average molecular weight is 441 g/mol. The van der Waals surface area contributed by atoms with Gasteiger partial charge in [0.05, 0.1) is 16.7 Å². The summed E-state index contributed by atoms with van der Waals surface area (Å²) in [5, 5.41) is 0. The normalized spacial score (nSPS) is 19.4. The van der Waals surface area contributed by atoms with Crippen molar-refractivity contribution in [3.63, 3.8) is 0 Å². The van der Waals surface area contributed by atoms with Crippen LogP contribution in [-0.2, 0) is 16.6 Å². The monoisotopic (exact) mass is 440 g/mol. The zero-order valence-corrected chi connectivity index (χ0v) is 19.0. The number of carbonyl (C=O) groups is 1. The second-order valence-electron chi connectivity index (χ2n) is 9.37. The molecule has 3 aliphatic heterocycles. The number of amides is 1. The van der Waals surface area contributed by atoms with E-state index in [1.165, 1.54) is 6.07 Å². The molecule has 5 rings (SSSR count). The number of halogens is 1. The lowest BCUT2D eigenvalue weighted by atomic mass is 9.73. The molecule has 0 atom stereocenters. The average Bonchev–Trinajstić information content (AvgIpc) is 2.97. The molecular weight excluding hydrogens is 411 g/mol. The van der Waals surface area contributed by atoms with Crippen LogP contribution in [0.5, 0.6) is 0 Å². The molecule has 1 amide bonds. The molecule has 4 heterocycles. The molecule has 0 radical (unpaired) electrons. The number of rotatable bonds is 2. The Kier molecular flexibility index (Phi) is 4.69. The number of fused-ring (bicyclic) bond motifs is 3. The summed E-state index contributed by atoms with van der Waals surface area (Å²) in [5.74, 6) is 0.868. The molecule has 0 aliphatic carbocycles. The highest BCUT2D eigenvalue weighted by Gasteiger charge is 2.53. The Bertz CT molecular complexity index is 1150. The molecule has 0 saturated carbocycles. The van der Waals surface area contributed by atoms with E-state index < -0.39 is 5.41 Å². The summed E-state index contributed by atoms with van der Waals surface area (Å²) in [6.07, 6.45) is 2.61. The number of H-pyrrole nitrogens is 1. The number of hydrogen-bond acceptors (Lipinski definition) is 6. The van der Waals surface area contributed by atoms with Gasteiger partial charge in [0.15, 0.2) is 0 Å². The summed E-state index contributed by atoms with van der Waals surface area (Å²) in [6, 6.07) is 3.40. The fraction of sp³-hybridized carbons (Fsp3) is 0.522. The smallest absolute Gasteiger partial charge is 0.257 e. The van der Waals surface area contributed by atoms with Crippen LogP contribution in [0.1, 0.15) is 30.4 Å². The first kappa shape index (κ1) is 20.8. The van der Waals surface area contributed by atoms with Crippen LogP contribution in [0.15, 0.2) is 16.9 Å². The SMILES string of the molecule is CN(C)c1cc(F)c2c(c1)N(C)C(=O)C21CCN(c2nc3c(c(=O)[nH]2)CCCN3C)CC1. The predicted molar refractivity (Wildman–Crippen MR) is 124 cm³/mol. The Morgan fingerprint density at radius 3 is 2.53 bits per heavy atom. The number of likely N-dealkylation sites (N-methyl/N-ethyl adjacent to an activating group) is 1. The zero-order chi connectivity index (χ0) is 22.8. The minimum absolute atomic E-state index is 0.0615. The largest absolute Gasteiger partial charge is 0.378 e. The maximum Gasteiger partial charge on any atom is 0.257 e. The first-order valence-corrected chi connectivity index (χ1v) is 11.1. The van der Waals surface area contributed by atoms with Gasteiger partial charge < -0.3 is 19.6 Å². The number of anilines is 4. The van der Waals surface area contributed by atoms with Crippen molar-refractivity contribution in [1.82, 2.24) is 9.97 Å². The molecular formula is C23H29FN6O2. The van der Waals surface area contributed by atoms with Crippen molar-refractivity contribution in [3.8, 4) is 0 Å². The van der Waals surface area contributed by atoms with Crippen molar-refractivity contribution in [2.75, 3.05) is 67.4 Å². The van der Waals surface area contributed by atoms with Crippen molar-refractivity contribution in [3.05, 3.63) is 39.4 Å². The summed E-state index contributed by atoms with van der Waals surface area (Å²) in [6.45, 7) is 1.90. The molecule has 1 saturated heterocycles. The maximum absolute atomic E-state index is 15.3. The highest BCUT2D eigenvalue weighted by molar-refractivity contribution is 6.08. The molecule has 1 aromatic carbocycles. The lowest BCUT2D eigenvalue weighted by molar-refractivity contribution is -0.123. The first-order chi connectivity index (χ1) is 15.2. The highest BCUT2D eigenvalue weighted by atomic mass is 19.1. The Labute approximate surface area is 186 Å². The van der Waals surface area contributed by atoms with E-state index in [1.807, 2.05) is 41.9 Å². The fourth-order valence-electron chi connectivity index (χ4n) is 5.44. The molecule has 1 N–H and O–H groups in total. The molecule has 1 fully saturated rings. The van der Waals surface area contributed by atoms with E-state index in [9.17, 15) is 9.59 Å². The topological polar surface area (TPSA) is 75.8 Å². The van der Waals surface area contributed by atoms with E-state index in [0.29, 0.717) is 43.1 Å². The van der Waals surface area contributed by atoms with Gasteiger partial charge in [-0.15, -0.1) is 0 Å². The van der Waals surface area contributed by atoms with E-state index in [-0.39, 0.29) is 17.3 Å². The molecule has 9 heteroatoms. The number of nitrogens with one attached hydrogen (secondary N) is 1. The third kappa shape index (κ3) is 2.90. The minimum atomic E-state index is -0.874. The Morgan fingerprint density at radius 2 is 1.84 bits per heavy atom. The van der Waals surface area contributed by atoms with Gasteiger partial charge >= 0.3 is 0 Å². The van der Waals surface area contributed by atoms with Gasteiger partial charge in [-0.3, -0.25) is 14.6 Å². The lowest BCUT2D eigenvalue weighted by Crippen LogP contribution is -2.49. The van der Waals surface area contributed by atoms with Crippen molar-refractivity contribution in [2.45, 2.75) is 31.1 Å². The number of nitrogens with zero attached hydrogens (tertiary/aromatic N) is 5. The third-order valence-corrected chi connectivity index (χ3v) is 7.30. The van der Waals surface area contributed by atoms with Crippen LogP contribution in [0.25, 0.3) is 0 Å². The summed E-state index contributed by atoms with van der Waals surface area (Å²) < 4.78 is 15.3.